The second-order valence-corrected chi connectivity index (χ2v) is 6.56. The van der Waals surface area contributed by atoms with Crippen molar-refractivity contribution < 1.29 is 17.5 Å². The van der Waals surface area contributed by atoms with Crippen LogP contribution in [0, 0.1) is 5.82 Å². The standard InChI is InChI=1S/C11H15BrFNO3S/c1-17-5-2-6-18(15,16)14-8-9-7-10(12)3-4-11(9)13/h3-4,7,14H,2,5-6,8H2,1H3. The van der Waals surface area contributed by atoms with E-state index in [4.69, 9.17) is 4.74 Å². The molecule has 0 saturated heterocycles. The Hall–Kier alpha value is -0.500. The van der Waals surface area contributed by atoms with E-state index in [-0.39, 0.29) is 12.3 Å². The number of nitrogens with one attached hydrogen (secondary N) is 1. The number of benzene rings is 1. The third-order valence-electron chi connectivity index (χ3n) is 2.25. The summed E-state index contributed by atoms with van der Waals surface area (Å²) in [6.07, 6.45) is 0.410. The summed E-state index contributed by atoms with van der Waals surface area (Å²) in [5, 5.41) is 0. The topological polar surface area (TPSA) is 55.4 Å². The Labute approximate surface area is 115 Å². The molecular weight excluding hydrogens is 325 g/mol. The van der Waals surface area contributed by atoms with Crippen LogP contribution >= 0.6 is 15.9 Å². The maximum atomic E-state index is 13.4. The van der Waals surface area contributed by atoms with Crippen LogP contribution in [0.5, 0.6) is 0 Å². The SMILES string of the molecule is COCCCS(=O)(=O)NCc1cc(Br)ccc1F. The Morgan fingerprint density at radius 2 is 2.17 bits per heavy atom. The highest BCUT2D eigenvalue weighted by Crippen LogP contribution is 2.15. The van der Waals surface area contributed by atoms with Gasteiger partial charge in [-0.1, -0.05) is 15.9 Å². The van der Waals surface area contributed by atoms with Crippen LogP contribution in [0.1, 0.15) is 12.0 Å². The van der Waals surface area contributed by atoms with Crippen molar-refractivity contribution in [1.29, 1.82) is 0 Å². The summed E-state index contributed by atoms with van der Waals surface area (Å²) in [5.41, 5.74) is 0.305. The van der Waals surface area contributed by atoms with Gasteiger partial charge in [-0.15, -0.1) is 0 Å². The number of halogens is 2. The second kappa shape index (κ2) is 7.18. The minimum Gasteiger partial charge on any atom is -0.385 e. The number of sulfonamides is 1. The molecule has 7 heteroatoms. The van der Waals surface area contributed by atoms with Gasteiger partial charge in [-0.2, -0.15) is 0 Å². The molecule has 1 aromatic carbocycles. The van der Waals surface area contributed by atoms with Crippen molar-refractivity contribution in [3.8, 4) is 0 Å². The Kier molecular flexibility index (Phi) is 6.20. The predicted octanol–water partition coefficient (Wildman–Crippen LogP) is 2.04. The Balaban J connectivity index is 2.56. The minimum atomic E-state index is -3.39. The summed E-state index contributed by atoms with van der Waals surface area (Å²) in [6.45, 7) is 0.326. The molecule has 18 heavy (non-hydrogen) atoms. The van der Waals surface area contributed by atoms with Crippen molar-refractivity contribution in [2.45, 2.75) is 13.0 Å². The fourth-order valence-electron chi connectivity index (χ4n) is 1.33. The highest BCUT2D eigenvalue weighted by Gasteiger charge is 2.11. The summed E-state index contributed by atoms with van der Waals surface area (Å²) >= 11 is 3.21. The van der Waals surface area contributed by atoms with Crippen LogP contribution in [0.25, 0.3) is 0 Å². The smallest absolute Gasteiger partial charge is 0.211 e. The number of methoxy groups -OCH3 is 1. The first-order valence-electron chi connectivity index (χ1n) is 5.35. The molecule has 0 radical (unpaired) electrons. The number of hydrogen-bond acceptors (Lipinski definition) is 3. The van der Waals surface area contributed by atoms with Gasteiger partial charge in [0.2, 0.25) is 10.0 Å². The van der Waals surface area contributed by atoms with Gasteiger partial charge in [0.05, 0.1) is 5.75 Å². The van der Waals surface area contributed by atoms with E-state index >= 15 is 0 Å². The fraction of sp³-hybridized carbons (Fsp3) is 0.455. The van der Waals surface area contributed by atoms with E-state index in [2.05, 4.69) is 20.7 Å². The van der Waals surface area contributed by atoms with Crippen LogP contribution in [0.2, 0.25) is 0 Å². The molecule has 0 atom stereocenters. The van der Waals surface area contributed by atoms with Crippen LogP contribution in [-0.4, -0.2) is 27.9 Å². The monoisotopic (exact) mass is 339 g/mol. The van der Waals surface area contributed by atoms with Gasteiger partial charge >= 0.3 is 0 Å². The first-order valence-corrected chi connectivity index (χ1v) is 7.79. The first kappa shape index (κ1) is 15.6. The van der Waals surface area contributed by atoms with Crippen LogP contribution in [0.3, 0.4) is 0 Å². The third-order valence-corrected chi connectivity index (χ3v) is 4.16. The lowest BCUT2D eigenvalue weighted by Gasteiger charge is -2.07. The van der Waals surface area contributed by atoms with Crippen molar-refractivity contribution in [2.24, 2.45) is 0 Å². The lowest BCUT2D eigenvalue weighted by atomic mass is 10.2. The Morgan fingerprint density at radius 1 is 1.44 bits per heavy atom. The maximum absolute atomic E-state index is 13.4. The first-order chi connectivity index (χ1) is 8.44. The van der Waals surface area contributed by atoms with E-state index in [1.807, 2.05) is 0 Å². The second-order valence-electron chi connectivity index (χ2n) is 3.72. The van der Waals surface area contributed by atoms with Crippen LogP contribution in [-0.2, 0) is 21.3 Å². The van der Waals surface area contributed by atoms with Gasteiger partial charge in [-0.25, -0.2) is 17.5 Å². The van der Waals surface area contributed by atoms with E-state index < -0.39 is 15.8 Å². The molecule has 0 aliphatic rings. The summed E-state index contributed by atoms with van der Waals surface area (Å²) < 4.78 is 44.4. The number of rotatable bonds is 7. The average Bonchev–Trinajstić information content (AvgIpc) is 2.31. The molecule has 102 valence electrons. The largest absolute Gasteiger partial charge is 0.385 e. The maximum Gasteiger partial charge on any atom is 0.211 e. The molecule has 0 bridgehead atoms. The van der Waals surface area contributed by atoms with Crippen molar-refractivity contribution in [1.82, 2.24) is 4.72 Å². The van der Waals surface area contributed by atoms with Crippen molar-refractivity contribution >= 4 is 26.0 Å². The average molecular weight is 340 g/mol. The summed E-state index contributed by atoms with van der Waals surface area (Å²) in [7, 11) is -1.88. The van der Waals surface area contributed by atoms with E-state index in [0.717, 1.165) is 0 Å². The molecule has 0 fully saturated rings. The van der Waals surface area contributed by atoms with Crippen LogP contribution < -0.4 is 4.72 Å². The molecule has 0 unspecified atom stereocenters. The summed E-state index contributed by atoms with van der Waals surface area (Å²) in [6, 6.07) is 4.40. The minimum absolute atomic E-state index is 0.0313. The van der Waals surface area contributed by atoms with Gasteiger partial charge in [0.25, 0.3) is 0 Å². The highest BCUT2D eigenvalue weighted by atomic mass is 79.9. The third kappa shape index (κ3) is 5.43. The quantitative estimate of drug-likeness (QED) is 0.773. The number of ether oxygens (including phenoxy) is 1. The van der Waals surface area contributed by atoms with Crippen LogP contribution in [0.15, 0.2) is 22.7 Å². The van der Waals surface area contributed by atoms with E-state index in [1.165, 1.54) is 13.2 Å². The summed E-state index contributed by atoms with van der Waals surface area (Å²) in [4.78, 5) is 0. The zero-order valence-corrected chi connectivity index (χ0v) is 12.4. The van der Waals surface area contributed by atoms with Gasteiger partial charge in [-0.05, 0) is 24.6 Å². The van der Waals surface area contributed by atoms with Gasteiger partial charge in [0.15, 0.2) is 0 Å². The van der Waals surface area contributed by atoms with Crippen molar-refractivity contribution in [3.63, 3.8) is 0 Å². The lowest BCUT2D eigenvalue weighted by Crippen LogP contribution is -2.26. The molecule has 1 N–H and O–H groups in total. The predicted molar refractivity (Wildman–Crippen MR) is 71.2 cm³/mol. The Morgan fingerprint density at radius 3 is 2.83 bits per heavy atom. The molecule has 0 aromatic heterocycles. The highest BCUT2D eigenvalue weighted by molar-refractivity contribution is 9.10. The van der Waals surface area contributed by atoms with Gasteiger partial charge in [0.1, 0.15) is 5.82 Å². The molecule has 0 aliphatic carbocycles. The molecule has 1 aromatic rings. The number of hydrogen-bond donors (Lipinski definition) is 1. The summed E-state index contributed by atoms with van der Waals surface area (Å²) in [5.74, 6) is -0.464. The zero-order valence-electron chi connectivity index (χ0n) is 9.95. The van der Waals surface area contributed by atoms with Crippen molar-refractivity contribution in [3.05, 3.63) is 34.1 Å². The molecule has 1 rings (SSSR count). The molecular formula is C11H15BrFNO3S. The lowest BCUT2D eigenvalue weighted by molar-refractivity contribution is 0.199. The van der Waals surface area contributed by atoms with Gasteiger partial charge in [0, 0.05) is 30.3 Å². The Bertz CT molecular complexity index is 493. The molecule has 4 nitrogen and oxygen atoms in total. The molecule has 0 spiro atoms. The van der Waals surface area contributed by atoms with E-state index in [1.54, 1.807) is 12.1 Å². The fourth-order valence-corrected chi connectivity index (χ4v) is 2.76. The normalized spacial score (nSPS) is 11.7. The zero-order chi connectivity index (χ0) is 13.6. The van der Waals surface area contributed by atoms with E-state index in [0.29, 0.717) is 23.1 Å². The van der Waals surface area contributed by atoms with E-state index in [9.17, 15) is 12.8 Å². The molecule has 0 aliphatic heterocycles. The van der Waals surface area contributed by atoms with Crippen molar-refractivity contribution in [2.75, 3.05) is 19.5 Å². The van der Waals surface area contributed by atoms with Gasteiger partial charge in [-0.3, -0.25) is 0 Å². The molecule has 0 amide bonds. The molecule has 0 saturated carbocycles. The van der Waals surface area contributed by atoms with Crippen LogP contribution in [0.4, 0.5) is 4.39 Å². The molecule has 0 heterocycles. The van der Waals surface area contributed by atoms with Gasteiger partial charge < -0.3 is 4.74 Å².